The number of nitrogens with zero attached hydrogens (tertiary/aromatic N) is 1. The van der Waals surface area contributed by atoms with Gasteiger partial charge in [-0.25, -0.2) is 4.98 Å². The smallest absolute Gasteiger partial charge is 0.166 e. The Bertz CT molecular complexity index is 344. The van der Waals surface area contributed by atoms with Gasteiger partial charge in [0.1, 0.15) is 0 Å². The van der Waals surface area contributed by atoms with Crippen molar-refractivity contribution < 1.29 is 0 Å². The average molecular weight is 241 g/mol. The van der Waals surface area contributed by atoms with Crippen LogP contribution in [0.2, 0.25) is 0 Å². The Labute approximate surface area is 99.3 Å². The van der Waals surface area contributed by atoms with Crippen molar-refractivity contribution in [3.8, 4) is 0 Å². The highest BCUT2D eigenvalue weighted by Gasteiger charge is 2.22. The van der Waals surface area contributed by atoms with Crippen LogP contribution >= 0.6 is 23.6 Å². The third-order valence-corrected chi connectivity index (χ3v) is 4.09. The van der Waals surface area contributed by atoms with E-state index in [0.29, 0.717) is 5.11 Å². The highest BCUT2D eigenvalue weighted by atomic mass is 32.1. The van der Waals surface area contributed by atoms with Gasteiger partial charge >= 0.3 is 0 Å². The molecule has 5 heteroatoms. The van der Waals surface area contributed by atoms with Crippen molar-refractivity contribution >= 4 is 28.7 Å². The van der Waals surface area contributed by atoms with E-state index in [4.69, 9.17) is 12.2 Å². The standard InChI is InChI=1S/C10H15N3S2/c1-11-10(14)12-5-8-6-15-9(13-8)7-3-2-4-7/h6-7H,2-5H2,1H3,(H2,11,12,14). The predicted molar refractivity (Wildman–Crippen MR) is 67.2 cm³/mol. The number of aromatic nitrogens is 1. The molecule has 0 bridgehead atoms. The fourth-order valence-electron chi connectivity index (χ4n) is 1.51. The summed E-state index contributed by atoms with van der Waals surface area (Å²) in [6.07, 6.45) is 3.99. The fourth-order valence-corrected chi connectivity index (χ4v) is 2.57. The van der Waals surface area contributed by atoms with Gasteiger partial charge in [0.05, 0.1) is 17.2 Å². The normalized spacial score (nSPS) is 15.8. The van der Waals surface area contributed by atoms with E-state index in [0.717, 1.165) is 18.2 Å². The van der Waals surface area contributed by atoms with E-state index in [2.05, 4.69) is 21.0 Å². The maximum Gasteiger partial charge on any atom is 0.166 e. The van der Waals surface area contributed by atoms with E-state index < -0.39 is 0 Å². The molecule has 1 aromatic heterocycles. The first-order valence-corrected chi connectivity index (χ1v) is 6.48. The quantitative estimate of drug-likeness (QED) is 0.794. The van der Waals surface area contributed by atoms with Crippen molar-refractivity contribution in [3.05, 3.63) is 16.1 Å². The zero-order valence-corrected chi connectivity index (χ0v) is 10.4. The van der Waals surface area contributed by atoms with Gasteiger partial charge in [0.2, 0.25) is 0 Å². The summed E-state index contributed by atoms with van der Waals surface area (Å²) in [7, 11) is 1.82. The molecule has 0 atom stereocenters. The van der Waals surface area contributed by atoms with Crippen LogP contribution in [-0.2, 0) is 6.54 Å². The van der Waals surface area contributed by atoms with E-state index >= 15 is 0 Å². The van der Waals surface area contributed by atoms with Crippen molar-refractivity contribution in [2.45, 2.75) is 31.7 Å². The van der Waals surface area contributed by atoms with Crippen LogP contribution in [0.15, 0.2) is 5.38 Å². The van der Waals surface area contributed by atoms with E-state index in [1.807, 2.05) is 7.05 Å². The summed E-state index contributed by atoms with van der Waals surface area (Å²) < 4.78 is 0. The molecule has 1 fully saturated rings. The minimum atomic E-state index is 0.674. The van der Waals surface area contributed by atoms with Crippen LogP contribution in [0.5, 0.6) is 0 Å². The molecule has 2 rings (SSSR count). The molecule has 0 unspecified atom stereocenters. The Hall–Kier alpha value is -0.680. The average Bonchev–Trinajstić information content (AvgIpc) is 2.60. The van der Waals surface area contributed by atoms with Gasteiger partial charge < -0.3 is 10.6 Å². The number of hydrogen-bond acceptors (Lipinski definition) is 3. The molecule has 15 heavy (non-hydrogen) atoms. The highest BCUT2D eigenvalue weighted by molar-refractivity contribution is 7.80. The summed E-state index contributed by atoms with van der Waals surface area (Å²) >= 11 is 6.78. The maximum absolute atomic E-state index is 5.00. The summed E-state index contributed by atoms with van der Waals surface area (Å²) in [6.45, 7) is 0.725. The summed E-state index contributed by atoms with van der Waals surface area (Å²) in [5, 5.41) is 10.1. The summed E-state index contributed by atoms with van der Waals surface area (Å²) in [5.74, 6) is 0.736. The molecular weight excluding hydrogens is 226 g/mol. The van der Waals surface area contributed by atoms with Gasteiger partial charge in [0, 0.05) is 18.3 Å². The Balaban J connectivity index is 1.86. The minimum Gasteiger partial charge on any atom is -0.366 e. The van der Waals surface area contributed by atoms with E-state index in [1.54, 1.807) is 11.3 Å². The van der Waals surface area contributed by atoms with Gasteiger partial charge in [0.25, 0.3) is 0 Å². The molecule has 0 radical (unpaired) electrons. The van der Waals surface area contributed by atoms with Crippen molar-refractivity contribution in [2.75, 3.05) is 7.05 Å². The van der Waals surface area contributed by atoms with Crippen molar-refractivity contribution in [2.24, 2.45) is 0 Å². The third kappa shape index (κ3) is 2.66. The Morgan fingerprint density at radius 1 is 1.67 bits per heavy atom. The van der Waals surface area contributed by atoms with Crippen LogP contribution in [0, 0.1) is 0 Å². The minimum absolute atomic E-state index is 0.674. The monoisotopic (exact) mass is 241 g/mol. The molecule has 0 amide bonds. The van der Waals surface area contributed by atoms with Crippen LogP contribution in [0.4, 0.5) is 0 Å². The van der Waals surface area contributed by atoms with Gasteiger partial charge in [0.15, 0.2) is 5.11 Å². The Morgan fingerprint density at radius 3 is 3.07 bits per heavy atom. The zero-order chi connectivity index (χ0) is 10.7. The van der Waals surface area contributed by atoms with Gasteiger partial charge in [-0.2, -0.15) is 0 Å². The first-order chi connectivity index (χ1) is 7.29. The van der Waals surface area contributed by atoms with Crippen LogP contribution in [0.3, 0.4) is 0 Å². The SMILES string of the molecule is CNC(=S)NCc1csc(C2CCC2)n1. The Morgan fingerprint density at radius 2 is 2.47 bits per heavy atom. The zero-order valence-electron chi connectivity index (χ0n) is 8.75. The molecule has 0 saturated heterocycles. The summed E-state index contributed by atoms with van der Waals surface area (Å²) in [6, 6.07) is 0. The third-order valence-electron chi connectivity index (χ3n) is 2.68. The second-order valence-corrected chi connectivity index (χ2v) is 5.04. The molecule has 82 valence electrons. The van der Waals surface area contributed by atoms with Crippen molar-refractivity contribution in [1.82, 2.24) is 15.6 Å². The van der Waals surface area contributed by atoms with Crippen LogP contribution in [0.25, 0.3) is 0 Å². The molecule has 0 spiro atoms. The van der Waals surface area contributed by atoms with Crippen LogP contribution < -0.4 is 10.6 Å². The van der Waals surface area contributed by atoms with Gasteiger partial charge in [-0.3, -0.25) is 0 Å². The molecule has 1 aromatic rings. The van der Waals surface area contributed by atoms with E-state index in [1.165, 1.54) is 24.3 Å². The lowest BCUT2D eigenvalue weighted by atomic mass is 9.86. The number of rotatable bonds is 3. The molecule has 1 aliphatic rings. The molecule has 1 aliphatic carbocycles. The number of thiazole rings is 1. The second-order valence-electron chi connectivity index (χ2n) is 3.74. The largest absolute Gasteiger partial charge is 0.366 e. The first kappa shape index (κ1) is 10.8. The molecule has 1 heterocycles. The first-order valence-electron chi connectivity index (χ1n) is 5.19. The van der Waals surface area contributed by atoms with E-state index in [9.17, 15) is 0 Å². The topological polar surface area (TPSA) is 37.0 Å². The van der Waals surface area contributed by atoms with Gasteiger partial charge in [-0.1, -0.05) is 6.42 Å². The lowest BCUT2D eigenvalue weighted by Gasteiger charge is -2.22. The lowest BCUT2D eigenvalue weighted by Crippen LogP contribution is -2.31. The van der Waals surface area contributed by atoms with Gasteiger partial charge in [-0.05, 0) is 25.1 Å². The number of thiocarbonyl (C=S) groups is 1. The van der Waals surface area contributed by atoms with Crippen LogP contribution in [0.1, 0.15) is 35.9 Å². The van der Waals surface area contributed by atoms with Gasteiger partial charge in [-0.15, -0.1) is 11.3 Å². The molecular formula is C10H15N3S2. The van der Waals surface area contributed by atoms with Crippen LogP contribution in [-0.4, -0.2) is 17.1 Å². The van der Waals surface area contributed by atoms with Crippen molar-refractivity contribution in [1.29, 1.82) is 0 Å². The highest BCUT2D eigenvalue weighted by Crippen LogP contribution is 2.37. The summed E-state index contributed by atoms with van der Waals surface area (Å²) in [4.78, 5) is 4.61. The van der Waals surface area contributed by atoms with E-state index in [-0.39, 0.29) is 0 Å². The maximum atomic E-state index is 5.00. The molecule has 0 aromatic carbocycles. The molecule has 1 saturated carbocycles. The number of nitrogens with one attached hydrogen (secondary N) is 2. The molecule has 2 N–H and O–H groups in total. The molecule has 3 nitrogen and oxygen atoms in total. The predicted octanol–water partition coefficient (Wildman–Crippen LogP) is 2.00. The second kappa shape index (κ2) is 4.90. The Kier molecular flexibility index (Phi) is 3.53. The summed E-state index contributed by atoms with van der Waals surface area (Å²) in [5.41, 5.74) is 1.10. The fraction of sp³-hybridized carbons (Fsp3) is 0.600. The molecule has 0 aliphatic heterocycles. The number of hydrogen-bond donors (Lipinski definition) is 2. The van der Waals surface area contributed by atoms with Crippen molar-refractivity contribution in [3.63, 3.8) is 0 Å². The lowest BCUT2D eigenvalue weighted by molar-refractivity contribution is 0.417.